The van der Waals surface area contributed by atoms with Crippen LogP contribution in [0.15, 0.2) is 11.2 Å². The fourth-order valence-corrected chi connectivity index (χ4v) is 3.59. The number of nitrogens with zero attached hydrogens (tertiary/aromatic N) is 4. The standard InChI is InChI=1S/C18H32N4O4Si/c1-14-12-25-8-7-21(14)15(2)20-16-11-19-22(17(16)18(23)24-3)13-26-9-10-27(4,5)6/h11,14H,7-10,12-13H2,1-6H3. The van der Waals surface area contributed by atoms with Crippen LogP contribution in [-0.2, 0) is 20.9 Å². The molecule has 0 saturated carbocycles. The highest BCUT2D eigenvalue weighted by Gasteiger charge is 2.23. The maximum atomic E-state index is 12.3. The molecule has 0 bridgehead atoms. The van der Waals surface area contributed by atoms with Crippen molar-refractivity contribution in [3.05, 3.63) is 11.9 Å². The lowest BCUT2D eigenvalue weighted by Gasteiger charge is -2.34. The molecule has 0 aromatic carbocycles. The molecule has 0 amide bonds. The molecule has 1 atom stereocenters. The van der Waals surface area contributed by atoms with Crippen LogP contribution >= 0.6 is 0 Å². The Bertz CT molecular complexity index is 669. The molecule has 0 aliphatic carbocycles. The van der Waals surface area contributed by atoms with E-state index in [1.54, 1.807) is 6.20 Å². The lowest BCUT2D eigenvalue weighted by molar-refractivity contribution is 0.0330. The maximum absolute atomic E-state index is 12.3. The van der Waals surface area contributed by atoms with E-state index in [0.29, 0.717) is 31.2 Å². The first kappa shape index (κ1) is 21.6. The van der Waals surface area contributed by atoms with E-state index in [2.05, 4.69) is 41.6 Å². The fraction of sp³-hybridized carbons (Fsp3) is 0.722. The van der Waals surface area contributed by atoms with Crippen molar-refractivity contribution >= 4 is 25.6 Å². The van der Waals surface area contributed by atoms with Crippen molar-refractivity contribution in [2.45, 2.75) is 52.3 Å². The van der Waals surface area contributed by atoms with Gasteiger partial charge in [0.15, 0.2) is 5.69 Å². The Kier molecular flexibility index (Phi) is 7.57. The number of esters is 1. The Balaban J connectivity index is 2.15. The number of rotatable bonds is 7. The topological polar surface area (TPSA) is 78.2 Å². The van der Waals surface area contributed by atoms with Crippen LogP contribution in [0.25, 0.3) is 0 Å². The second kappa shape index (κ2) is 9.47. The van der Waals surface area contributed by atoms with Crippen LogP contribution in [0.1, 0.15) is 24.3 Å². The third-order valence-corrected chi connectivity index (χ3v) is 6.18. The van der Waals surface area contributed by atoms with Gasteiger partial charge in [0.1, 0.15) is 18.3 Å². The van der Waals surface area contributed by atoms with E-state index >= 15 is 0 Å². The van der Waals surface area contributed by atoms with Crippen molar-refractivity contribution in [2.75, 3.05) is 33.5 Å². The van der Waals surface area contributed by atoms with Crippen LogP contribution in [-0.4, -0.2) is 74.1 Å². The largest absolute Gasteiger partial charge is 0.464 e. The zero-order chi connectivity index (χ0) is 20.0. The molecule has 8 nitrogen and oxygen atoms in total. The minimum Gasteiger partial charge on any atom is -0.464 e. The molecule has 27 heavy (non-hydrogen) atoms. The molecule has 1 saturated heterocycles. The van der Waals surface area contributed by atoms with Crippen molar-refractivity contribution in [2.24, 2.45) is 4.99 Å². The molecule has 1 unspecified atom stereocenters. The lowest BCUT2D eigenvalue weighted by atomic mass is 10.2. The number of aromatic nitrogens is 2. The Morgan fingerprint density at radius 3 is 2.81 bits per heavy atom. The van der Waals surface area contributed by atoms with Gasteiger partial charge in [-0.05, 0) is 19.9 Å². The summed E-state index contributed by atoms with van der Waals surface area (Å²) in [6.07, 6.45) is 1.59. The maximum Gasteiger partial charge on any atom is 0.358 e. The Morgan fingerprint density at radius 1 is 1.44 bits per heavy atom. The molecule has 1 aliphatic heterocycles. The third-order valence-electron chi connectivity index (χ3n) is 4.47. The summed E-state index contributed by atoms with van der Waals surface area (Å²) in [4.78, 5) is 19.1. The smallest absolute Gasteiger partial charge is 0.358 e. The SMILES string of the molecule is COC(=O)c1c(N=C(C)N2CCOCC2C)cnn1COCC[Si](C)(C)C. The molecule has 9 heteroatoms. The van der Waals surface area contributed by atoms with Crippen LogP contribution in [0.3, 0.4) is 0 Å². The van der Waals surface area contributed by atoms with E-state index in [9.17, 15) is 4.79 Å². The van der Waals surface area contributed by atoms with Crippen molar-refractivity contribution in [1.29, 1.82) is 0 Å². The first-order chi connectivity index (χ1) is 12.7. The number of carbonyl (C=O) groups is 1. The lowest BCUT2D eigenvalue weighted by Crippen LogP contribution is -2.46. The first-order valence-electron chi connectivity index (χ1n) is 9.34. The molecule has 1 aliphatic rings. The van der Waals surface area contributed by atoms with Crippen LogP contribution < -0.4 is 0 Å². The second-order valence-corrected chi connectivity index (χ2v) is 13.6. The number of hydrogen-bond donors (Lipinski definition) is 0. The molecule has 152 valence electrons. The predicted octanol–water partition coefficient (Wildman–Crippen LogP) is 2.75. The van der Waals surface area contributed by atoms with Gasteiger partial charge in [0.25, 0.3) is 0 Å². The van der Waals surface area contributed by atoms with Gasteiger partial charge in [0.2, 0.25) is 0 Å². The van der Waals surface area contributed by atoms with E-state index in [4.69, 9.17) is 14.2 Å². The number of ether oxygens (including phenoxy) is 3. The van der Waals surface area contributed by atoms with Crippen molar-refractivity contribution in [3.63, 3.8) is 0 Å². The highest BCUT2D eigenvalue weighted by atomic mass is 28.3. The molecule has 0 spiro atoms. The number of aliphatic imine (C=N–C) groups is 1. The van der Waals surface area contributed by atoms with Gasteiger partial charge in [-0.15, -0.1) is 0 Å². The number of hydrogen-bond acceptors (Lipinski definition) is 6. The van der Waals surface area contributed by atoms with Gasteiger partial charge in [0, 0.05) is 21.2 Å². The summed E-state index contributed by atoms with van der Waals surface area (Å²) in [5.41, 5.74) is 0.803. The summed E-state index contributed by atoms with van der Waals surface area (Å²) < 4.78 is 17.7. The van der Waals surface area contributed by atoms with Crippen LogP contribution in [0.2, 0.25) is 25.7 Å². The van der Waals surface area contributed by atoms with E-state index in [1.165, 1.54) is 11.8 Å². The van der Waals surface area contributed by atoms with E-state index in [-0.39, 0.29) is 12.8 Å². The summed E-state index contributed by atoms with van der Waals surface area (Å²) >= 11 is 0. The first-order valence-corrected chi connectivity index (χ1v) is 13.0. The highest BCUT2D eigenvalue weighted by Crippen LogP contribution is 2.22. The van der Waals surface area contributed by atoms with Gasteiger partial charge in [0.05, 0.1) is 32.6 Å². The second-order valence-electron chi connectivity index (χ2n) is 7.99. The summed E-state index contributed by atoms with van der Waals surface area (Å²) in [5, 5.41) is 4.29. The zero-order valence-electron chi connectivity index (χ0n) is 17.3. The Labute approximate surface area is 162 Å². The number of methoxy groups -OCH3 is 1. The quantitative estimate of drug-likeness (QED) is 0.232. The van der Waals surface area contributed by atoms with Crippen LogP contribution in [0.5, 0.6) is 0 Å². The van der Waals surface area contributed by atoms with Gasteiger partial charge in [-0.2, -0.15) is 5.10 Å². The molecule has 2 rings (SSSR count). The van der Waals surface area contributed by atoms with Gasteiger partial charge in [-0.1, -0.05) is 19.6 Å². The number of morpholine rings is 1. The van der Waals surface area contributed by atoms with E-state index < -0.39 is 14.0 Å². The molecular weight excluding hydrogens is 364 g/mol. The van der Waals surface area contributed by atoms with Gasteiger partial charge >= 0.3 is 5.97 Å². The average molecular weight is 397 g/mol. The summed E-state index contributed by atoms with van der Waals surface area (Å²) in [6, 6.07) is 1.30. The normalized spacial score (nSPS) is 18.7. The van der Waals surface area contributed by atoms with Crippen molar-refractivity contribution < 1.29 is 19.0 Å². The molecular formula is C18H32N4O4Si. The molecule has 1 aromatic rings. The summed E-state index contributed by atoms with van der Waals surface area (Å²) in [7, 11) is 0.193. The van der Waals surface area contributed by atoms with Gasteiger partial charge in [-0.25, -0.2) is 14.5 Å². The van der Waals surface area contributed by atoms with Crippen LogP contribution in [0, 0.1) is 0 Å². The molecule has 1 aromatic heterocycles. The Hall–Kier alpha value is -1.71. The number of carbonyl (C=O) groups excluding carboxylic acids is 1. The highest BCUT2D eigenvalue weighted by molar-refractivity contribution is 6.76. The van der Waals surface area contributed by atoms with Crippen molar-refractivity contribution in [1.82, 2.24) is 14.7 Å². The summed E-state index contributed by atoms with van der Waals surface area (Å²) in [5.74, 6) is 0.359. The predicted molar refractivity (Wildman–Crippen MR) is 107 cm³/mol. The van der Waals surface area contributed by atoms with E-state index in [0.717, 1.165) is 18.4 Å². The molecule has 2 heterocycles. The minimum absolute atomic E-state index is 0.206. The van der Waals surface area contributed by atoms with Gasteiger partial charge < -0.3 is 19.1 Å². The zero-order valence-corrected chi connectivity index (χ0v) is 18.3. The third kappa shape index (κ3) is 6.15. The molecule has 0 N–H and O–H groups in total. The fourth-order valence-electron chi connectivity index (χ4n) is 2.84. The van der Waals surface area contributed by atoms with Gasteiger partial charge in [-0.3, -0.25) is 0 Å². The average Bonchev–Trinajstić information content (AvgIpc) is 3.00. The van der Waals surface area contributed by atoms with E-state index in [1.807, 2.05) is 6.92 Å². The number of amidine groups is 1. The van der Waals surface area contributed by atoms with Crippen LogP contribution in [0.4, 0.5) is 5.69 Å². The molecule has 0 radical (unpaired) electrons. The Morgan fingerprint density at radius 2 is 2.19 bits per heavy atom. The van der Waals surface area contributed by atoms with Crippen molar-refractivity contribution in [3.8, 4) is 0 Å². The summed E-state index contributed by atoms with van der Waals surface area (Å²) in [6.45, 7) is 13.9. The molecule has 1 fully saturated rings. The monoisotopic (exact) mass is 396 g/mol. The minimum atomic E-state index is -1.16.